The van der Waals surface area contributed by atoms with Crippen LogP contribution in [-0.4, -0.2) is 40.7 Å². The molecule has 2 N–H and O–H groups in total. The Hall–Kier alpha value is -2.79. The van der Waals surface area contributed by atoms with Crippen LogP contribution in [0.1, 0.15) is 18.4 Å². The second-order valence-corrected chi connectivity index (χ2v) is 7.22. The molecule has 2 heterocycles. The van der Waals surface area contributed by atoms with Gasteiger partial charge in [-0.2, -0.15) is 0 Å². The number of ether oxygens (including phenoxy) is 1. The first kappa shape index (κ1) is 17.6. The Bertz CT molecular complexity index is 879. The molecule has 0 saturated carbocycles. The van der Waals surface area contributed by atoms with Gasteiger partial charge in [0.25, 0.3) is 0 Å². The van der Waals surface area contributed by atoms with Gasteiger partial charge in [-0.1, -0.05) is 18.2 Å². The summed E-state index contributed by atoms with van der Waals surface area (Å²) in [5.74, 6) is 1.86. The van der Waals surface area contributed by atoms with Crippen molar-refractivity contribution < 1.29 is 4.74 Å². The highest BCUT2D eigenvalue weighted by Gasteiger charge is 2.18. The van der Waals surface area contributed by atoms with Crippen molar-refractivity contribution >= 4 is 5.69 Å². The largest absolute Gasteiger partial charge is 0.490 e. The van der Waals surface area contributed by atoms with E-state index >= 15 is 0 Å². The standard InChI is InChI=1S/C22H26N4O/c1-25-13-10-20(11-14-25)27-19-8-6-17(7-9-19)22-24-12-15-26(22)16-18-4-2-3-5-21(18)23/h2-9,12,15,20H,10-11,13-14,16,23H2,1H3. The van der Waals surface area contributed by atoms with E-state index in [-0.39, 0.29) is 0 Å². The predicted molar refractivity (Wildman–Crippen MR) is 109 cm³/mol. The number of imidazole rings is 1. The van der Waals surface area contributed by atoms with Gasteiger partial charge < -0.3 is 19.9 Å². The van der Waals surface area contributed by atoms with Crippen molar-refractivity contribution in [2.75, 3.05) is 25.9 Å². The fourth-order valence-electron chi connectivity index (χ4n) is 3.54. The first-order valence-electron chi connectivity index (χ1n) is 9.49. The molecular weight excluding hydrogens is 336 g/mol. The van der Waals surface area contributed by atoms with Gasteiger partial charge in [-0.15, -0.1) is 0 Å². The molecular formula is C22H26N4O. The van der Waals surface area contributed by atoms with Crippen molar-refractivity contribution in [2.45, 2.75) is 25.5 Å². The summed E-state index contributed by atoms with van der Waals surface area (Å²) in [7, 11) is 2.16. The Morgan fingerprint density at radius 3 is 2.56 bits per heavy atom. The molecule has 0 radical (unpaired) electrons. The summed E-state index contributed by atoms with van der Waals surface area (Å²) >= 11 is 0. The number of nitrogen functional groups attached to an aromatic ring is 1. The molecule has 0 bridgehead atoms. The summed E-state index contributed by atoms with van der Waals surface area (Å²) in [5, 5.41) is 0. The zero-order valence-electron chi connectivity index (χ0n) is 15.7. The summed E-state index contributed by atoms with van der Waals surface area (Å²) < 4.78 is 8.27. The zero-order valence-corrected chi connectivity index (χ0v) is 15.7. The number of nitrogens with two attached hydrogens (primary N) is 1. The van der Waals surface area contributed by atoms with Crippen LogP contribution in [0.4, 0.5) is 5.69 Å². The van der Waals surface area contributed by atoms with E-state index in [2.05, 4.69) is 39.7 Å². The Morgan fingerprint density at radius 2 is 1.81 bits per heavy atom. The minimum Gasteiger partial charge on any atom is -0.490 e. The molecule has 140 valence electrons. The molecule has 5 heteroatoms. The number of hydrogen-bond acceptors (Lipinski definition) is 4. The van der Waals surface area contributed by atoms with E-state index in [1.54, 1.807) is 0 Å². The first-order valence-corrected chi connectivity index (χ1v) is 9.49. The fourth-order valence-corrected chi connectivity index (χ4v) is 3.54. The maximum Gasteiger partial charge on any atom is 0.140 e. The quantitative estimate of drug-likeness (QED) is 0.704. The normalized spacial score (nSPS) is 15.7. The third-order valence-corrected chi connectivity index (χ3v) is 5.19. The van der Waals surface area contributed by atoms with Crippen molar-refractivity contribution in [3.63, 3.8) is 0 Å². The zero-order chi connectivity index (χ0) is 18.6. The first-order chi connectivity index (χ1) is 13.2. The third kappa shape index (κ3) is 4.14. The molecule has 1 fully saturated rings. The SMILES string of the molecule is CN1CCC(Oc2ccc(-c3nccn3Cc3ccccc3N)cc2)CC1. The molecule has 0 amide bonds. The summed E-state index contributed by atoms with van der Waals surface area (Å²) in [6.45, 7) is 2.90. The smallest absolute Gasteiger partial charge is 0.140 e. The Kier molecular flexibility index (Phi) is 5.12. The van der Waals surface area contributed by atoms with Gasteiger partial charge in [-0.25, -0.2) is 4.98 Å². The predicted octanol–water partition coefficient (Wildman–Crippen LogP) is 3.65. The number of nitrogens with zero attached hydrogens (tertiary/aromatic N) is 3. The van der Waals surface area contributed by atoms with Crippen molar-refractivity contribution in [1.29, 1.82) is 0 Å². The lowest BCUT2D eigenvalue weighted by Crippen LogP contribution is -2.35. The minimum atomic E-state index is 0.315. The lowest BCUT2D eigenvalue weighted by Gasteiger charge is -2.29. The van der Waals surface area contributed by atoms with Crippen molar-refractivity contribution in [2.24, 2.45) is 0 Å². The summed E-state index contributed by atoms with van der Waals surface area (Å²) in [4.78, 5) is 6.89. The van der Waals surface area contributed by atoms with Crippen molar-refractivity contribution in [1.82, 2.24) is 14.5 Å². The molecule has 0 atom stereocenters. The van der Waals surface area contributed by atoms with Crippen LogP contribution in [-0.2, 0) is 6.54 Å². The molecule has 1 aliphatic heterocycles. The average molecular weight is 362 g/mol. The molecule has 0 unspecified atom stereocenters. The molecule has 1 aliphatic rings. The number of hydrogen-bond donors (Lipinski definition) is 1. The number of piperidine rings is 1. The van der Waals surface area contributed by atoms with E-state index in [1.807, 2.05) is 42.7 Å². The van der Waals surface area contributed by atoms with Gasteiger partial charge in [0.05, 0.1) is 6.54 Å². The maximum absolute atomic E-state index is 6.15. The van der Waals surface area contributed by atoms with Crippen LogP contribution in [0.3, 0.4) is 0 Å². The number of anilines is 1. The monoisotopic (exact) mass is 362 g/mol. The molecule has 27 heavy (non-hydrogen) atoms. The van der Waals surface area contributed by atoms with Crippen LogP contribution >= 0.6 is 0 Å². The highest BCUT2D eigenvalue weighted by atomic mass is 16.5. The summed E-state index contributed by atoms with van der Waals surface area (Å²) in [6, 6.07) is 16.2. The summed E-state index contributed by atoms with van der Waals surface area (Å²) in [5.41, 5.74) is 9.07. The molecule has 1 saturated heterocycles. The van der Waals surface area contributed by atoms with Gasteiger partial charge >= 0.3 is 0 Å². The molecule has 5 nitrogen and oxygen atoms in total. The van der Waals surface area contributed by atoms with E-state index in [4.69, 9.17) is 10.5 Å². The van der Waals surface area contributed by atoms with Crippen LogP contribution in [0, 0.1) is 0 Å². The molecule has 0 aliphatic carbocycles. The van der Waals surface area contributed by atoms with Crippen molar-refractivity contribution in [3.05, 3.63) is 66.5 Å². The van der Waals surface area contributed by atoms with Crippen LogP contribution < -0.4 is 10.5 Å². The van der Waals surface area contributed by atoms with E-state index in [9.17, 15) is 0 Å². The lowest BCUT2D eigenvalue weighted by atomic mass is 10.1. The Balaban J connectivity index is 1.47. The topological polar surface area (TPSA) is 56.3 Å². The molecule has 3 aromatic rings. The maximum atomic E-state index is 6.15. The number of aromatic nitrogens is 2. The van der Waals surface area contributed by atoms with E-state index in [0.29, 0.717) is 12.6 Å². The number of para-hydroxylation sites is 1. The van der Waals surface area contributed by atoms with Gasteiger partial charge in [0, 0.05) is 36.7 Å². The van der Waals surface area contributed by atoms with Crippen LogP contribution in [0.2, 0.25) is 0 Å². The molecule has 1 aromatic heterocycles. The lowest BCUT2D eigenvalue weighted by molar-refractivity contribution is 0.114. The average Bonchev–Trinajstić information content (AvgIpc) is 3.14. The third-order valence-electron chi connectivity index (χ3n) is 5.19. The fraction of sp³-hybridized carbons (Fsp3) is 0.318. The Morgan fingerprint density at radius 1 is 1.07 bits per heavy atom. The Labute approximate surface area is 160 Å². The second kappa shape index (κ2) is 7.84. The minimum absolute atomic E-state index is 0.315. The molecule has 0 spiro atoms. The highest BCUT2D eigenvalue weighted by molar-refractivity contribution is 5.57. The van der Waals surface area contributed by atoms with E-state index < -0.39 is 0 Å². The molecule has 4 rings (SSSR count). The number of rotatable bonds is 5. The second-order valence-electron chi connectivity index (χ2n) is 7.22. The van der Waals surface area contributed by atoms with E-state index in [1.165, 1.54) is 0 Å². The molecule has 2 aromatic carbocycles. The van der Waals surface area contributed by atoms with Gasteiger partial charge in [0.15, 0.2) is 0 Å². The summed E-state index contributed by atoms with van der Waals surface area (Å²) in [6.07, 6.45) is 6.31. The van der Waals surface area contributed by atoms with Gasteiger partial charge in [-0.05, 0) is 55.8 Å². The van der Waals surface area contributed by atoms with Crippen LogP contribution in [0.5, 0.6) is 5.75 Å². The van der Waals surface area contributed by atoms with E-state index in [0.717, 1.165) is 54.3 Å². The van der Waals surface area contributed by atoms with Crippen LogP contribution in [0.15, 0.2) is 60.9 Å². The highest BCUT2D eigenvalue weighted by Crippen LogP contribution is 2.25. The number of likely N-dealkylation sites (tertiary alicyclic amines) is 1. The van der Waals surface area contributed by atoms with Gasteiger partial charge in [-0.3, -0.25) is 0 Å². The number of benzene rings is 2. The van der Waals surface area contributed by atoms with Gasteiger partial charge in [0.1, 0.15) is 17.7 Å². The van der Waals surface area contributed by atoms with Crippen molar-refractivity contribution in [3.8, 4) is 17.1 Å². The van der Waals surface area contributed by atoms with Gasteiger partial charge in [0.2, 0.25) is 0 Å². The van der Waals surface area contributed by atoms with Crippen LogP contribution in [0.25, 0.3) is 11.4 Å².